The molecule has 4 nitrogen and oxygen atoms in total. The number of esters is 1. The number of hydrogen-bond donors (Lipinski definition) is 1. The van der Waals surface area contributed by atoms with Crippen LogP contribution in [-0.4, -0.2) is 23.1 Å². The Morgan fingerprint density at radius 2 is 0.841 bits per heavy atom. The third-order valence-corrected chi connectivity index (χ3v) is 8.99. The van der Waals surface area contributed by atoms with E-state index in [1.807, 2.05) is 0 Å². The maximum Gasteiger partial charge on any atom is 0.306 e. The molecule has 0 aromatic carbocycles. The SMILES string of the molecule is CCCCCCCC/C=C\CCCCCCCCCCCCCC(=O)OC(CCCCCCCCCCC)CCCC(=O)O. The molecule has 0 fully saturated rings. The van der Waals surface area contributed by atoms with Crippen molar-refractivity contribution in [3.8, 4) is 0 Å². The molecule has 44 heavy (non-hydrogen) atoms. The molecular weight excluding hydrogens is 544 g/mol. The van der Waals surface area contributed by atoms with Crippen molar-refractivity contribution in [2.24, 2.45) is 0 Å². The summed E-state index contributed by atoms with van der Waals surface area (Å²) in [4.78, 5) is 23.4. The highest BCUT2D eigenvalue weighted by atomic mass is 16.5. The average molecular weight is 621 g/mol. The molecule has 0 rings (SSSR count). The number of carbonyl (C=O) groups excluding carboxylic acids is 1. The maximum atomic E-state index is 12.5. The molecular formula is C40H76O4. The lowest BCUT2D eigenvalue weighted by molar-refractivity contribution is -0.150. The number of unbranched alkanes of at least 4 members (excludes halogenated alkanes) is 25. The molecule has 0 aromatic rings. The minimum Gasteiger partial charge on any atom is -0.481 e. The Morgan fingerprint density at radius 3 is 1.27 bits per heavy atom. The first-order chi connectivity index (χ1) is 21.6. The van der Waals surface area contributed by atoms with E-state index < -0.39 is 5.97 Å². The van der Waals surface area contributed by atoms with Gasteiger partial charge in [0.2, 0.25) is 0 Å². The van der Waals surface area contributed by atoms with Crippen LogP contribution in [0.1, 0.15) is 226 Å². The summed E-state index contributed by atoms with van der Waals surface area (Å²) in [6, 6.07) is 0. The summed E-state index contributed by atoms with van der Waals surface area (Å²) >= 11 is 0. The highest BCUT2D eigenvalue weighted by Gasteiger charge is 2.15. The van der Waals surface area contributed by atoms with Crippen molar-refractivity contribution in [2.45, 2.75) is 232 Å². The summed E-state index contributed by atoms with van der Waals surface area (Å²) in [5.74, 6) is -0.857. The standard InChI is InChI=1S/C40H76O4/c1-3-5-7-9-11-13-14-15-16-17-18-19-20-21-22-23-24-26-28-30-32-37-40(43)44-38(35-33-36-39(41)42)34-31-29-27-25-12-10-8-6-4-2/h15-16,38H,3-14,17-37H2,1-2H3,(H,41,42)/b16-15-. The first kappa shape index (κ1) is 42.7. The molecule has 0 aromatic heterocycles. The number of hydrogen-bond acceptors (Lipinski definition) is 3. The van der Waals surface area contributed by atoms with Crippen LogP contribution >= 0.6 is 0 Å². The Labute approximate surface area is 275 Å². The van der Waals surface area contributed by atoms with E-state index in [1.54, 1.807) is 0 Å². The molecule has 0 saturated carbocycles. The zero-order valence-electron chi connectivity index (χ0n) is 29.7. The van der Waals surface area contributed by atoms with Gasteiger partial charge in [-0.2, -0.15) is 0 Å². The maximum absolute atomic E-state index is 12.5. The van der Waals surface area contributed by atoms with E-state index >= 15 is 0 Å². The van der Waals surface area contributed by atoms with Crippen LogP contribution in [0.3, 0.4) is 0 Å². The fourth-order valence-electron chi connectivity index (χ4n) is 6.07. The smallest absolute Gasteiger partial charge is 0.306 e. The Hall–Kier alpha value is -1.32. The highest BCUT2D eigenvalue weighted by Crippen LogP contribution is 2.18. The van der Waals surface area contributed by atoms with Crippen LogP contribution in [-0.2, 0) is 14.3 Å². The van der Waals surface area contributed by atoms with Crippen molar-refractivity contribution in [3.63, 3.8) is 0 Å². The third-order valence-electron chi connectivity index (χ3n) is 8.99. The van der Waals surface area contributed by atoms with Crippen molar-refractivity contribution in [2.75, 3.05) is 0 Å². The van der Waals surface area contributed by atoms with Gasteiger partial charge in [-0.25, -0.2) is 0 Å². The second kappa shape index (κ2) is 36.2. The summed E-state index contributed by atoms with van der Waals surface area (Å²) in [5, 5.41) is 8.99. The van der Waals surface area contributed by atoms with E-state index in [1.165, 1.54) is 161 Å². The quantitative estimate of drug-likeness (QED) is 0.0430. The van der Waals surface area contributed by atoms with Gasteiger partial charge in [0.25, 0.3) is 0 Å². The lowest BCUT2D eigenvalue weighted by atomic mass is 10.0. The van der Waals surface area contributed by atoms with Gasteiger partial charge in [-0.15, -0.1) is 0 Å². The van der Waals surface area contributed by atoms with E-state index in [4.69, 9.17) is 9.84 Å². The molecule has 0 bridgehead atoms. The van der Waals surface area contributed by atoms with Gasteiger partial charge in [0.05, 0.1) is 0 Å². The second-order valence-corrected chi connectivity index (χ2v) is 13.5. The number of carboxylic acid groups (broad SMARTS) is 1. The minimum absolute atomic E-state index is 0.0884. The zero-order valence-corrected chi connectivity index (χ0v) is 29.7. The van der Waals surface area contributed by atoms with Gasteiger partial charge < -0.3 is 9.84 Å². The zero-order chi connectivity index (χ0) is 32.2. The average Bonchev–Trinajstić information content (AvgIpc) is 3.00. The fourth-order valence-corrected chi connectivity index (χ4v) is 6.07. The largest absolute Gasteiger partial charge is 0.481 e. The number of rotatable bonds is 36. The Morgan fingerprint density at radius 1 is 0.477 bits per heavy atom. The van der Waals surface area contributed by atoms with Crippen LogP contribution in [0.25, 0.3) is 0 Å². The molecule has 0 aliphatic carbocycles. The normalized spacial score (nSPS) is 12.2. The van der Waals surface area contributed by atoms with Crippen LogP contribution in [0, 0.1) is 0 Å². The van der Waals surface area contributed by atoms with E-state index in [2.05, 4.69) is 26.0 Å². The van der Waals surface area contributed by atoms with Crippen molar-refractivity contribution in [1.82, 2.24) is 0 Å². The van der Waals surface area contributed by atoms with Gasteiger partial charge in [-0.3, -0.25) is 9.59 Å². The number of carbonyl (C=O) groups is 2. The summed E-state index contributed by atoms with van der Waals surface area (Å²) < 4.78 is 5.81. The fraction of sp³-hybridized carbons (Fsp3) is 0.900. The molecule has 0 aliphatic heterocycles. The molecule has 0 spiro atoms. The predicted octanol–water partition coefficient (Wildman–Crippen LogP) is 13.5. The first-order valence-electron chi connectivity index (χ1n) is 19.7. The molecule has 0 saturated heterocycles. The molecule has 0 aliphatic rings. The number of aliphatic carboxylic acids is 1. The number of carboxylic acids is 1. The summed E-state index contributed by atoms with van der Waals surface area (Å²) in [6.45, 7) is 4.53. The number of ether oxygens (including phenoxy) is 1. The van der Waals surface area contributed by atoms with Crippen molar-refractivity contribution < 1.29 is 19.4 Å². The summed E-state index contributed by atoms with van der Waals surface area (Å²) in [5.41, 5.74) is 0. The van der Waals surface area contributed by atoms with E-state index in [0.717, 1.165) is 25.7 Å². The Balaban J connectivity index is 3.67. The first-order valence-corrected chi connectivity index (χ1v) is 19.7. The van der Waals surface area contributed by atoms with Crippen LogP contribution in [0.5, 0.6) is 0 Å². The van der Waals surface area contributed by atoms with E-state index in [9.17, 15) is 9.59 Å². The topological polar surface area (TPSA) is 63.6 Å². The van der Waals surface area contributed by atoms with Gasteiger partial charge >= 0.3 is 11.9 Å². The lowest BCUT2D eigenvalue weighted by Gasteiger charge is -2.18. The van der Waals surface area contributed by atoms with Crippen molar-refractivity contribution in [1.29, 1.82) is 0 Å². The molecule has 4 heteroatoms. The van der Waals surface area contributed by atoms with Gasteiger partial charge in [0.15, 0.2) is 0 Å². The molecule has 1 atom stereocenters. The highest BCUT2D eigenvalue weighted by molar-refractivity contribution is 5.69. The van der Waals surface area contributed by atoms with Gasteiger partial charge in [0.1, 0.15) is 6.10 Å². The van der Waals surface area contributed by atoms with Gasteiger partial charge in [-0.1, -0.05) is 167 Å². The summed E-state index contributed by atoms with van der Waals surface area (Å²) in [6.07, 6.45) is 43.8. The van der Waals surface area contributed by atoms with E-state index in [-0.39, 0.29) is 18.5 Å². The van der Waals surface area contributed by atoms with Crippen molar-refractivity contribution >= 4 is 11.9 Å². The molecule has 0 amide bonds. The molecule has 1 unspecified atom stereocenters. The molecule has 260 valence electrons. The van der Waals surface area contributed by atoms with Gasteiger partial charge in [-0.05, 0) is 57.8 Å². The Bertz CT molecular complexity index is 629. The summed E-state index contributed by atoms with van der Waals surface area (Å²) in [7, 11) is 0. The minimum atomic E-state index is -0.768. The van der Waals surface area contributed by atoms with E-state index in [0.29, 0.717) is 19.3 Å². The molecule has 0 heterocycles. The number of allylic oxidation sites excluding steroid dienone is 2. The third kappa shape index (κ3) is 35.2. The van der Waals surface area contributed by atoms with Crippen LogP contribution in [0.15, 0.2) is 12.2 Å². The lowest BCUT2D eigenvalue weighted by Crippen LogP contribution is -2.18. The molecule has 0 radical (unpaired) electrons. The Kier molecular flexibility index (Phi) is 35.1. The van der Waals surface area contributed by atoms with Gasteiger partial charge in [0, 0.05) is 12.8 Å². The van der Waals surface area contributed by atoms with Crippen LogP contribution in [0.4, 0.5) is 0 Å². The predicted molar refractivity (Wildman–Crippen MR) is 190 cm³/mol. The monoisotopic (exact) mass is 621 g/mol. The second-order valence-electron chi connectivity index (χ2n) is 13.5. The molecule has 1 N–H and O–H groups in total. The van der Waals surface area contributed by atoms with Crippen LogP contribution in [0.2, 0.25) is 0 Å². The van der Waals surface area contributed by atoms with Crippen LogP contribution < -0.4 is 0 Å². The van der Waals surface area contributed by atoms with Crippen molar-refractivity contribution in [3.05, 3.63) is 12.2 Å².